The fourth-order valence-corrected chi connectivity index (χ4v) is 1.61. The molecule has 72 valence electrons. The van der Waals surface area contributed by atoms with Crippen molar-refractivity contribution in [1.29, 1.82) is 0 Å². The van der Waals surface area contributed by atoms with E-state index in [1.165, 1.54) is 0 Å². The van der Waals surface area contributed by atoms with Crippen LogP contribution in [0.2, 0.25) is 0 Å². The average Bonchev–Trinajstić information content (AvgIpc) is 2.04. The lowest BCUT2D eigenvalue weighted by molar-refractivity contribution is 0.145. The van der Waals surface area contributed by atoms with Gasteiger partial charge in [0, 0.05) is 11.8 Å². The quantitative estimate of drug-likeness (QED) is 0.592. The van der Waals surface area contributed by atoms with Gasteiger partial charge in [0.15, 0.2) is 0 Å². The number of rotatable bonds is 2. The molecule has 0 aromatic carbocycles. The number of alkyl halides is 3. The van der Waals surface area contributed by atoms with Crippen molar-refractivity contribution in [2.45, 2.75) is 12.3 Å². The number of hydrogen-bond acceptors (Lipinski definition) is 1. The number of nitrogens with zero attached hydrogens (tertiary/aromatic N) is 1. The second-order valence-electron chi connectivity index (χ2n) is 2.23. The van der Waals surface area contributed by atoms with Crippen molar-refractivity contribution in [1.82, 2.24) is 4.98 Å². The van der Waals surface area contributed by atoms with Crippen LogP contribution >= 0.6 is 27.5 Å². The van der Waals surface area contributed by atoms with E-state index in [4.69, 9.17) is 11.6 Å². The van der Waals surface area contributed by atoms with E-state index in [0.717, 1.165) is 6.20 Å². The van der Waals surface area contributed by atoms with E-state index in [-0.39, 0.29) is 16.0 Å². The van der Waals surface area contributed by atoms with E-state index in [2.05, 4.69) is 20.9 Å². The number of hydrogen-bond donors (Lipinski definition) is 0. The minimum Gasteiger partial charge on any atom is -0.248 e. The van der Waals surface area contributed by atoms with Gasteiger partial charge in [0.2, 0.25) is 0 Å². The van der Waals surface area contributed by atoms with Gasteiger partial charge in [-0.25, -0.2) is 18.2 Å². The molecule has 1 aromatic heterocycles. The third-order valence-corrected chi connectivity index (χ3v) is 2.40. The van der Waals surface area contributed by atoms with Gasteiger partial charge >= 0.3 is 0 Å². The molecule has 0 saturated heterocycles. The molecule has 0 spiro atoms. The highest BCUT2D eigenvalue weighted by atomic mass is 79.9. The maximum Gasteiger partial charge on any atom is 0.268 e. The van der Waals surface area contributed by atoms with Crippen molar-refractivity contribution in [2.75, 3.05) is 0 Å². The van der Waals surface area contributed by atoms with Crippen molar-refractivity contribution >= 4 is 27.5 Å². The van der Waals surface area contributed by atoms with Crippen LogP contribution < -0.4 is 0 Å². The van der Waals surface area contributed by atoms with Gasteiger partial charge in [-0.15, -0.1) is 11.6 Å². The topological polar surface area (TPSA) is 12.9 Å². The first kappa shape index (κ1) is 10.8. The van der Waals surface area contributed by atoms with E-state index in [1.54, 1.807) is 0 Å². The molecular weight excluding hydrogens is 270 g/mol. The van der Waals surface area contributed by atoms with Crippen LogP contribution in [0.4, 0.5) is 13.2 Å². The lowest BCUT2D eigenvalue weighted by Gasteiger charge is -2.06. The average molecular weight is 274 g/mol. The van der Waals surface area contributed by atoms with Crippen molar-refractivity contribution in [2.24, 2.45) is 0 Å². The Hall–Kier alpha value is -0.290. The molecule has 0 saturated carbocycles. The first-order valence-corrected chi connectivity index (χ1v) is 4.57. The zero-order valence-electron chi connectivity index (χ0n) is 6.20. The first-order valence-electron chi connectivity index (χ1n) is 3.24. The standard InChI is InChI=1S/C7H4BrClF3N/c8-6-3(1-9)5(10)4(2-13-6)7(11)12/h2,7H,1H2. The maximum atomic E-state index is 13.2. The summed E-state index contributed by atoms with van der Waals surface area (Å²) in [4.78, 5) is 3.54. The summed E-state index contributed by atoms with van der Waals surface area (Å²) in [6.45, 7) is 0. The van der Waals surface area contributed by atoms with Gasteiger partial charge in [-0.05, 0) is 15.9 Å². The molecule has 1 heterocycles. The lowest BCUT2D eigenvalue weighted by Crippen LogP contribution is -1.99. The van der Waals surface area contributed by atoms with Crippen molar-refractivity contribution < 1.29 is 13.2 Å². The van der Waals surface area contributed by atoms with Crippen LogP contribution in [0.5, 0.6) is 0 Å². The van der Waals surface area contributed by atoms with Gasteiger partial charge in [0.05, 0.1) is 11.4 Å². The highest BCUT2D eigenvalue weighted by Crippen LogP contribution is 2.27. The van der Waals surface area contributed by atoms with Gasteiger partial charge in [0.25, 0.3) is 6.43 Å². The molecular formula is C7H4BrClF3N. The SMILES string of the molecule is Fc1c(C(F)F)cnc(Br)c1CCl. The normalized spacial score (nSPS) is 10.9. The molecule has 0 unspecified atom stereocenters. The van der Waals surface area contributed by atoms with E-state index in [0.29, 0.717) is 0 Å². The summed E-state index contributed by atoms with van der Waals surface area (Å²) >= 11 is 8.27. The Morgan fingerprint density at radius 2 is 2.15 bits per heavy atom. The molecule has 0 fully saturated rings. The van der Waals surface area contributed by atoms with Gasteiger partial charge in [-0.2, -0.15) is 0 Å². The third-order valence-electron chi connectivity index (χ3n) is 1.45. The van der Waals surface area contributed by atoms with Crippen LogP contribution in [0.3, 0.4) is 0 Å². The minimum absolute atomic E-state index is 0.0422. The predicted molar refractivity (Wildman–Crippen MR) is 46.4 cm³/mol. The number of halogens is 5. The second-order valence-corrected chi connectivity index (χ2v) is 3.25. The molecule has 0 radical (unpaired) electrons. The Morgan fingerprint density at radius 1 is 1.54 bits per heavy atom. The van der Waals surface area contributed by atoms with Crippen LogP contribution in [0.1, 0.15) is 17.6 Å². The summed E-state index contributed by atoms with van der Waals surface area (Å²) in [5.41, 5.74) is -0.765. The highest BCUT2D eigenvalue weighted by Gasteiger charge is 2.18. The zero-order valence-corrected chi connectivity index (χ0v) is 8.54. The van der Waals surface area contributed by atoms with Crippen molar-refractivity contribution in [3.8, 4) is 0 Å². The van der Waals surface area contributed by atoms with Gasteiger partial charge in [-0.1, -0.05) is 0 Å². The first-order chi connectivity index (χ1) is 6.07. The fraction of sp³-hybridized carbons (Fsp3) is 0.286. The summed E-state index contributed by atoms with van der Waals surface area (Å²) in [7, 11) is 0. The molecule has 0 aliphatic rings. The molecule has 1 rings (SSSR count). The zero-order chi connectivity index (χ0) is 10.0. The van der Waals surface area contributed by atoms with E-state index in [9.17, 15) is 13.2 Å². The third kappa shape index (κ3) is 2.14. The van der Waals surface area contributed by atoms with Gasteiger partial charge in [-0.3, -0.25) is 0 Å². The Kier molecular flexibility index (Phi) is 3.55. The van der Waals surface area contributed by atoms with E-state index < -0.39 is 17.8 Å². The molecule has 1 nitrogen and oxygen atoms in total. The largest absolute Gasteiger partial charge is 0.268 e. The highest BCUT2D eigenvalue weighted by molar-refractivity contribution is 9.10. The number of aromatic nitrogens is 1. The van der Waals surface area contributed by atoms with Crippen LogP contribution in [0.15, 0.2) is 10.8 Å². The summed E-state index contributed by atoms with van der Waals surface area (Å²) < 4.78 is 37.6. The molecule has 13 heavy (non-hydrogen) atoms. The van der Waals surface area contributed by atoms with Crippen LogP contribution in [0.25, 0.3) is 0 Å². The molecule has 0 aliphatic heterocycles. The Morgan fingerprint density at radius 3 is 2.62 bits per heavy atom. The van der Waals surface area contributed by atoms with Crippen LogP contribution in [-0.2, 0) is 5.88 Å². The second kappa shape index (κ2) is 4.28. The van der Waals surface area contributed by atoms with Gasteiger partial charge in [0.1, 0.15) is 10.4 Å². The molecule has 0 atom stereocenters. The van der Waals surface area contributed by atoms with Crippen molar-refractivity contribution in [3.05, 3.63) is 27.7 Å². The Bertz CT molecular complexity index is 319. The van der Waals surface area contributed by atoms with E-state index >= 15 is 0 Å². The Balaban J connectivity index is 3.27. The fourth-order valence-electron chi connectivity index (χ4n) is 0.792. The molecule has 0 amide bonds. The van der Waals surface area contributed by atoms with Crippen LogP contribution in [0, 0.1) is 5.82 Å². The molecule has 6 heteroatoms. The Labute approximate surface area is 86.0 Å². The molecule has 0 aliphatic carbocycles. The number of pyridine rings is 1. The smallest absolute Gasteiger partial charge is 0.248 e. The molecule has 0 bridgehead atoms. The molecule has 0 N–H and O–H groups in total. The lowest BCUT2D eigenvalue weighted by atomic mass is 10.2. The monoisotopic (exact) mass is 273 g/mol. The van der Waals surface area contributed by atoms with Crippen molar-refractivity contribution in [3.63, 3.8) is 0 Å². The van der Waals surface area contributed by atoms with E-state index in [1.807, 2.05) is 0 Å². The predicted octanol–water partition coefficient (Wildman–Crippen LogP) is 3.66. The summed E-state index contributed by atoms with van der Waals surface area (Å²) in [6.07, 6.45) is -2.08. The summed E-state index contributed by atoms with van der Waals surface area (Å²) in [6, 6.07) is 0. The summed E-state index contributed by atoms with van der Waals surface area (Å²) in [5, 5.41) is 0. The van der Waals surface area contributed by atoms with Gasteiger partial charge < -0.3 is 0 Å². The maximum absolute atomic E-state index is 13.2. The minimum atomic E-state index is -2.87. The molecule has 1 aromatic rings. The van der Waals surface area contributed by atoms with Crippen LogP contribution in [-0.4, -0.2) is 4.98 Å². The summed E-state index contributed by atoms with van der Waals surface area (Å²) in [5.74, 6) is -1.19.